The van der Waals surface area contributed by atoms with Gasteiger partial charge in [0.05, 0.1) is 45.3 Å². The van der Waals surface area contributed by atoms with Gasteiger partial charge in [0, 0.05) is 11.8 Å². The highest BCUT2D eigenvalue weighted by molar-refractivity contribution is 6.29. The average Bonchev–Trinajstić information content (AvgIpc) is 3.21. The first-order valence-corrected chi connectivity index (χ1v) is 9.22. The molecule has 3 aromatic rings. The first-order valence-electron chi connectivity index (χ1n) is 8.84. The molecule has 1 N–H and O–H groups in total. The van der Waals surface area contributed by atoms with Crippen molar-refractivity contribution in [2.45, 2.75) is 19.1 Å². The van der Waals surface area contributed by atoms with Gasteiger partial charge in [0.1, 0.15) is 22.8 Å². The summed E-state index contributed by atoms with van der Waals surface area (Å²) in [5.41, 5.74) is 0.667. The van der Waals surface area contributed by atoms with Crippen molar-refractivity contribution >= 4 is 28.3 Å². The second kappa shape index (κ2) is 8.56. The second-order valence-corrected chi connectivity index (χ2v) is 6.47. The van der Waals surface area contributed by atoms with Crippen LogP contribution in [-0.2, 0) is 16.0 Å². The van der Waals surface area contributed by atoms with Gasteiger partial charge in [0.2, 0.25) is 5.28 Å². The molecule has 1 aliphatic heterocycles. The number of nitrogens with zero attached hydrogens (tertiary/aromatic N) is 2. The zero-order chi connectivity index (χ0) is 18.5. The van der Waals surface area contributed by atoms with Gasteiger partial charge in [0.25, 0.3) is 0 Å². The Morgan fingerprint density at radius 3 is 2.96 bits per heavy atom. The van der Waals surface area contributed by atoms with E-state index in [-0.39, 0.29) is 11.4 Å². The number of ether oxygens (including phenoxy) is 3. The van der Waals surface area contributed by atoms with Crippen LogP contribution in [0.1, 0.15) is 12.2 Å². The van der Waals surface area contributed by atoms with Crippen LogP contribution in [0.25, 0.3) is 10.9 Å². The van der Waals surface area contributed by atoms with E-state index < -0.39 is 0 Å². The van der Waals surface area contributed by atoms with E-state index in [0.29, 0.717) is 50.1 Å². The molecule has 0 bridgehead atoms. The molecule has 7 nitrogen and oxygen atoms in total. The van der Waals surface area contributed by atoms with Gasteiger partial charge in [-0.3, -0.25) is 0 Å². The summed E-state index contributed by atoms with van der Waals surface area (Å²) in [5, 5.41) is 4.24. The maximum Gasteiger partial charge on any atom is 0.225 e. The van der Waals surface area contributed by atoms with Crippen molar-refractivity contribution in [1.29, 1.82) is 0 Å². The fourth-order valence-electron chi connectivity index (χ4n) is 2.94. The predicted molar refractivity (Wildman–Crippen MR) is 101 cm³/mol. The van der Waals surface area contributed by atoms with Gasteiger partial charge in [-0.25, -0.2) is 9.97 Å². The van der Waals surface area contributed by atoms with Crippen molar-refractivity contribution in [1.82, 2.24) is 9.97 Å². The summed E-state index contributed by atoms with van der Waals surface area (Å²) < 4.78 is 22.3. The number of anilines is 1. The minimum atomic E-state index is 0.0671. The second-order valence-electron chi connectivity index (χ2n) is 6.13. The Bertz CT molecular complexity index is 882. The fraction of sp³-hybridized carbons (Fsp3) is 0.368. The predicted octanol–water partition coefficient (Wildman–Crippen LogP) is 3.67. The molecule has 1 fully saturated rings. The smallest absolute Gasteiger partial charge is 0.225 e. The summed E-state index contributed by atoms with van der Waals surface area (Å²) >= 11 is 6.13. The molecular weight excluding hydrogens is 370 g/mol. The van der Waals surface area contributed by atoms with Gasteiger partial charge in [-0.1, -0.05) is 6.07 Å². The molecule has 0 aliphatic carbocycles. The number of benzene rings is 1. The summed E-state index contributed by atoms with van der Waals surface area (Å²) in [6, 6.07) is 9.45. The molecule has 8 heteroatoms. The van der Waals surface area contributed by atoms with E-state index >= 15 is 0 Å². The lowest BCUT2D eigenvalue weighted by Crippen LogP contribution is -2.29. The van der Waals surface area contributed by atoms with Crippen LogP contribution in [0.15, 0.2) is 41.0 Å². The van der Waals surface area contributed by atoms with Gasteiger partial charge >= 0.3 is 0 Å². The van der Waals surface area contributed by atoms with Gasteiger partial charge in [0.15, 0.2) is 0 Å². The Balaban J connectivity index is 1.49. The van der Waals surface area contributed by atoms with E-state index in [1.165, 1.54) is 0 Å². The lowest BCUT2D eigenvalue weighted by Gasteiger charge is -2.22. The minimum Gasteiger partial charge on any atom is -0.491 e. The van der Waals surface area contributed by atoms with Crippen molar-refractivity contribution in [3.05, 3.63) is 47.6 Å². The number of nitrogens with one attached hydrogen (secondary N) is 1. The van der Waals surface area contributed by atoms with Gasteiger partial charge in [-0.05, 0) is 35.9 Å². The van der Waals surface area contributed by atoms with E-state index in [1.54, 1.807) is 6.26 Å². The van der Waals surface area contributed by atoms with Crippen molar-refractivity contribution < 1.29 is 18.6 Å². The lowest BCUT2D eigenvalue weighted by atomic mass is 10.2. The molecule has 1 aliphatic rings. The van der Waals surface area contributed by atoms with Gasteiger partial charge < -0.3 is 23.9 Å². The molecule has 27 heavy (non-hydrogen) atoms. The molecule has 0 saturated carbocycles. The number of hydrogen-bond donors (Lipinski definition) is 1. The summed E-state index contributed by atoms with van der Waals surface area (Å²) in [7, 11) is 0. The minimum absolute atomic E-state index is 0.0671. The highest BCUT2D eigenvalue weighted by atomic mass is 35.5. The molecule has 142 valence electrons. The number of furan rings is 1. The maximum absolute atomic E-state index is 6.13. The molecule has 4 rings (SSSR count). The van der Waals surface area contributed by atoms with Crippen LogP contribution in [0.5, 0.6) is 5.75 Å². The van der Waals surface area contributed by atoms with Gasteiger partial charge in [-0.2, -0.15) is 0 Å². The monoisotopic (exact) mass is 389 g/mol. The zero-order valence-electron chi connectivity index (χ0n) is 14.7. The SMILES string of the molecule is Clc1nc(NCc2ccco2)c2cccc(OCCC3COCCO3)c2n1. The molecule has 1 unspecified atom stereocenters. The third-order valence-corrected chi connectivity index (χ3v) is 4.42. The number of halogens is 1. The third kappa shape index (κ3) is 4.50. The number of aromatic nitrogens is 2. The van der Waals surface area contributed by atoms with Crippen molar-refractivity contribution in [2.75, 3.05) is 31.7 Å². The Labute approximate surface area is 161 Å². The van der Waals surface area contributed by atoms with E-state index in [4.69, 9.17) is 30.2 Å². The summed E-state index contributed by atoms with van der Waals surface area (Å²) in [4.78, 5) is 8.66. The van der Waals surface area contributed by atoms with Crippen molar-refractivity contribution in [3.8, 4) is 5.75 Å². The van der Waals surface area contributed by atoms with Crippen LogP contribution >= 0.6 is 11.6 Å². The zero-order valence-corrected chi connectivity index (χ0v) is 15.4. The highest BCUT2D eigenvalue weighted by Gasteiger charge is 2.15. The fourth-order valence-corrected chi connectivity index (χ4v) is 3.11. The van der Waals surface area contributed by atoms with Crippen LogP contribution in [0.2, 0.25) is 5.28 Å². The Hall–Kier alpha value is -2.35. The van der Waals surface area contributed by atoms with E-state index in [1.807, 2.05) is 30.3 Å². The number of rotatable bonds is 7. The molecule has 3 heterocycles. The maximum atomic E-state index is 6.13. The van der Waals surface area contributed by atoms with Crippen molar-refractivity contribution in [2.24, 2.45) is 0 Å². The molecule has 0 spiro atoms. The van der Waals surface area contributed by atoms with Crippen LogP contribution in [0, 0.1) is 0 Å². The molecule has 2 aromatic heterocycles. The summed E-state index contributed by atoms with van der Waals surface area (Å²) in [6.07, 6.45) is 2.45. The largest absolute Gasteiger partial charge is 0.491 e. The first kappa shape index (κ1) is 18.0. The third-order valence-electron chi connectivity index (χ3n) is 4.25. The quantitative estimate of drug-likeness (QED) is 0.617. The summed E-state index contributed by atoms with van der Waals surface area (Å²) in [5.74, 6) is 2.10. The van der Waals surface area contributed by atoms with Crippen LogP contribution < -0.4 is 10.1 Å². The van der Waals surface area contributed by atoms with Gasteiger partial charge in [-0.15, -0.1) is 0 Å². The van der Waals surface area contributed by atoms with E-state index in [9.17, 15) is 0 Å². The van der Waals surface area contributed by atoms with Crippen LogP contribution in [0.3, 0.4) is 0 Å². The molecule has 0 amide bonds. The Kier molecular flexibility index (Phi) is 5.72. The number of fused-ring (bicyclic) bond motifs is 1. The van der Waals surface area contributed by atoms with E-state index in [0.717, 1.165) is 17.6 Å². The van der Waals surface area contributed by atoms with Crippen molar-refractivity contribution in [3.63, 3.8) is 0 Å². The number of hydrogen-bond acceptors (Lipinski definition) is 7. The number of para-hydroxylation sites is 1. The lowest BCUT2D eigenvalue weighted by molar-refractivity contribution is -0.0935. The molecule has 0 radical (unpaired) electrons. The molecule has 1 aromatic carbocycles. The first-order chi connectivity index (χ1) is 13.3. The molecule has 1 saturated heterocycles. The Morgan fingerprint density at radius 1 is 1.19 bits per heavy atom. The van der Waals surface area contributed by atoms with E-state index in [2.05, 4.69) is 15.3 Å². The highest BCUT2D eigenvalue weighted by Crippen LogP contribution is 2.30. The van der Waals surface area contributed by atoms with Crippen LogP contribution in [0.4, 0.5) is 5.82 Å². The van der Waals surface area contributed by atoms with Crippen LogP contribution in [-0.4, -0.2) is 42.5 Å². The standard InChI is InChI=1S/C19H20ClN3O4/c20-19-22-17-15(18(23-19)21-11-13-3-2-7-25-13)4-1-5-16(17)27-8-6-14-12-24-9-10-26-14/h1-5,7,14H,6,8-12H2,(H,21,22,23). The molecule has 1 atom stereocenters. The topological polar surface area (TPSA) is 78.6 Å². The average molecular weight is 390 g/mol. The molecular formula is C19H20ClN3O4. The normalized spacial score (nSPS) is 17.1. The Morgan fingerprint density at radius 2 is 2.15 bits per heavy atom. The summed E-state index contributed by atoms with van der Waals surface area (Å²) in [6.45, 7) is 2.90.